The number of nitrogens with two attached hydrogens (primary N) is 1. The van der Waals surface area contributed by atoms with Gasteiger partial charge in [-0.2, -0.15) is 0 Å². The maximum absolute atomic E-state index is 5.85. The van der Waals surface area contributed by atoms with Crippen molar-refractivity contribution in [3.05, 3.63) is 35.7 Å². The Kier molecular flexibility index (Phi) is 4.28. The predicted molar refractivity (Wildman–Crippen MR) is 75.2 cm³/mol. The number of rotatable bonds is 6. The third-order valence-corrected chi connectivity index (χ3v) is 2.55. The summed E-state index contributed by atoms with van der Waals surface area (Å²) in [4.78, 5) is 0. The molecule has 0 spiro atoms. The minimum atomic E-state index is 0.591. The Balaban J connectivity index is 2.01. The van der Waals surface area contributed by atoms with Crippen molar-refractivity contribution in [3.63, 3.8) is 0 Å². The number of aromatic nitrogens is 1. The van der Waals surface area contributed by atoms with Crippen LogP contribution in [0.3, 0.4) is 0 Å². The fraction of sp³-hybridized carbons (Fsp3) is 0.357. The van der Waals surface area contributed by atoms with Crippen LogP contribution in [0, 0.1) is 6.92 Å². The quantitative estimate of drug-likeness (QED) is 0.782. The molecule has 0 saturated carbocycles. The van der Waals surface area contributed by atoms with Crippen LogP contribution in [0.5, 0.6) is 5.75 Å². The summed E-state index contributed by atoms with van der Waals surface area (Å²) in [5, 5.41) is 7.17. The van der Waals surface area contributed by atoms with E-state index in [1.54, 1.807) is 0 Å². The second-order valence-electron chi connectivity index (χ2n) is 4.42. The molecule has 1 aromatic carbocycles. The Morgan fingerprint density at radius 2 is 2.16 bits per heavy atom. The topological polar surface area (TPSA) is 73.3 Å². The first-order chi connectivity index (χ1) is 9.17. The third kappa shape index (κ3) is 3.91. The van der Waals surface area contributed by atoms with Gasteiger partial charge in [0.05, 0.1) is 13.2 Å². The van der Waals surface area contributed by atoms with E-state index in [1.807, 2.05) is 31.2 Å². The molecule has 1 heterocycles. The molecule has 0 amide bonds. The van der Waals surface area contributed by atoms with Gasteiger partial charge in [0.2, 0.25) is 0 Å². The monoisotopic (exact) mass is 261 g/mol. The Morgan fingerprint density at radius 3 is 2.84 bits per heavy atom. The lowest BCUT2D eigenvalue weighted by Gasteiger charge is -2.10. The van der Waals surface area contributed by atoms with Crippen LogP contribution in [0.25, 0.3) is 0 Å². The molecule has 2 aromatic rings. The first-order valence-electron chi connectivity index (χ1n) is 6.37. The fourth-order valence-electron chi connectivity index (χ4n) is 1.72. The van der Waals surface area contributed by atoms with Gasteiger partial charge >= 0.3 is 0 Å². The van der Waals surface area contributed by atoms with E-state index in [4.69, 9.17) is 15.0 Å². The SMILES string of the molecule is CCCOc1cc(N)cc(NCc2cc(C)on2)c1. The van der Waals surface area contributed by atoms with Gasteiger partial charge in [-0.05, 0) is 19.4 Å². The van der Waals surface area contributed by atoms with Crippen LogP contribution in [0.4, 0.5) is 11.4 Å². The molecule has 0 aliphatic carbocycles. The van der Waals surface area contributed by atoms with Crippen LogP contribution in [0.1, 0.15) is 24.8 Å². The molecule has 0 atom stereocenters. The van der Waals surface area contributed by atoms with Crippen LogP contribution < -0.4 is 15.8 Å². The third-order valence-electron chi connectivity index (χ3n) is 2.55. The van der Waals surface area contributed by atoms with Crippen molar-refractivity contribution in [2.75, 3.05) is 17.7 Å². The molecule has 3 N–H and O–H groups in total. The number of nitrogens with one attached hydrogen (secondary N) is 1. The first kappa shape index (κ1) is 13.3. The van der Waals surface area contributed by atoms with Gasteiger partial charge in [0.15, 0.2) is 0 Å². The zero-order valence-electron chi connectivity index (χ0n) is 11.3. The van der Waals surface area contributed by atoms with Crippen molar-refractivity contribution in [1.82, 2.24) is 5.16 Å². The van der Waals surface area contributed by atoms with Crippen LogP contribution in [0.2, 0.25) is 0 Å². The molecule has 0 saturated heterocycles. The minimum absolute atomic E-state index is 0.591. The molecule has 0 aliphatic rings. The predicted octanol–water partition coefficient (Wildman–Crippen LogP) is 2.97. The average Bonchev–Trinajstić information content (AvgIpc) is 2.79. The number of aryl methyl sites for hydroxylation is 1. The van der Waals surface area contributed by atoms with Crippen LogP contribution in [-0.2, 0) is 6.54 Å². The van der Waals surface area contributed by atoms with Crippen molar-refractivity contribution in [1.29, 1.82) is 0 Å². The first-order valence-corrected chi connectivity index (χ1v) is 6.37. The van der Waals surface area contributed by atoms with Gasteiger partial charge in [0, 0.05) is 29.6 Å². The highest BCUT2D eigenvalue weighted by atomic mass is 16.5. The van der Waals surface area contributed by atoms with Gasteiger partial charge in [-0.1, -0.05) is 12.1 Å². The Bertz CT molecular complexity index is 537. The minimum Gasteiger partial charge on any atom is -0.493 e. The molecule has 19 heavy (non-hydrogen) atoms. The van der Waals surface area contributed by atoms with E-state index in [-0.39, 0.29) is 0 Å². The highest BCUT2D eigenvalue weighted by Crippen LogP contribution is 2.23. The van der Waals surface area contributed by atoms with Crippen molar-refractivity contribution in [2.24, 2.45) is 0 Å². The summed E-state index contributed by atoms with van der Waals surface area (Å²) in [6.07, 6.45) is 0.968. The van der Waals surface area contributed by atoms with Gasteiger partial charge in [-0.3, -0.25) is 0 Å². The maximum atomic E-state index is 5.85. The molecule has 0 radical (unpaired) electrons. The number of ether oxygens (including phenoxy) is 1. The van der Waals surface area contributed by atoms with E-state index < -0.39 is 0 Å². The van der Waals surface area contributed by atoms with Gasteiger partial charge in [0.25, 0.3) is 0 Å². The summed E-state index contributed by atoms with van der Waals surface area (Å²) in [6.45, 7) is 5.21. The Labute approximate surface area is 112 Å². The smallest absolute Gasteiger partial charge is 0.133 e. The number of anilines is 2. The van der Waals surface area contributed by atoms with Gasteiger partial charge in [-0.25, -0.2) is 0 Å². The summed E-state index contributed by atoms with van der Waals surface area (Å²) in [5.74, 6) is 1.58. The Hall–Kier alpha value is -2.17. The Morgan fingerprint density at radius 1 is 1.32 bits per heavy atom. The molecule has 0 bridgehead atoms. The summed E-state index contributed by atoms with van der Waals surface area (Å²) in [5.41, 5.74) is 8.29. The van der Waals surface area contributed by atoms with Crippen molar-refractivity contribution in [3.8, 4) is 5.75 Å². The van der Waals surface area contributed by atoms with Gasteiger partial charge in [-0.15, -0.1) is 0 Å². The summed E-state index contributed by atoms with van der Waals surface area (Å²) >= 11 is 0. The normalized spacial score (nSPS) is 10.4. The molecule has 0 fully saturated rings. The highest BCUT2D eigenvalue weighted by Gasteiger charge is 2.03. The van der Waals surface area contributed by atoms with Crippen LogP contribution in [0.15, 0.2) is 28.8 Å². The van der Waals surface area contributed by atoms with E-state index in [0.29, 0.717) is 18.8 Å². The molecular formula is C14H19N3O2. The summed E-state index contributed by atoms with van der Waals surface area (Å²) in [7, 11) is 0. The van der Waals surface area contributed by atoms with Crippen molar-refractivity contribution >= 4 is 11.4 Å². The number of hydrogen-bond acceptors (Lipinski definition) is 5. The van der Waals surface area contributed by atoms with Crippen molar-refractivity contribution < 1.29 is 9.26 Å². The lowest BCUT2D eigenvalue weighted by Crippen LogP contribution is -2.02. The second-order valence-corrected chi connectivity index (χ2v) is 4.42. The molecule has 102 valence electrons. The molecule has 5 heteroatoms. The number of hydrogen-bond donors (Lipinski definition) is 2. The lowest BCUT2D eigenvalue weighted by atomic mass is 10.2. The number of nitrogens with zero attached hydrogens (tertiary/aromatic N) is 1. The molecule has 0 unspecified atom stereocenters. The molecule has 0 aliphatic heterocycles. The molecule has 1 aromatic heterocycles. The zero-order chi connectivity index (χ0) is 13.7. The standard InChI is InChI=1S/C14H19N3O2/c1-3-4-18-14-7-11(15)6-12(8-14)16-9-13-5-10(2)19-17-13/h5-8,16H,3-4,9,15H2,1-2H3. The molecule has 2 rings (SSSR count). The second kappa shape index (κ2) is 6.13. The summed E-state index contributed by atoms with van der Waals surface area (Å²) < 4.78 is 10.6. The highest BCUT2D eigenvalue weighted by molar-refractivity contribution is 5.59. The van der Waals surface area contributed by atoms with Crippen LogP contribution >= 0.6 is 0 Å². The van der Waals surface area contributed by atoms with Crippen LogP contribution in [-0.4, -0.2) is 11.8 Å². The largest absolute Gasteiger partial charge is 0.493 e. The molecular weight excluding hydrogens is 242 g/mol. The number of benzene rings is 1. The van der Waals surface area contributed by atoms with E-state index in [0.717, 1.165) is 29.3 Å². The lowest BCUT2D eigenvalue weighted by molar-refractivity contribution is 0.318. The van der Waals surface area contributed by atoms with Gasteiger partial charge in [0.1, 0.15) is 17.2 Å². The van der Waals surface area contributed by atoms with E-state index >= 15 is 0 Å². The number of nitrogen functional groups attached to an aromatic ring is 1. The summed E-state index contributed by atoms with van der Waals surface area (Å²) in [6, 6.07) is 7.51. The van der Waals surface area contributed by atoms with E-state index in [1.165, 1.54) is 0 Å². The van der Waals surface area contributed by atoms with E-state index in [2.05, 4.69) is 17.4 Å². The van der Waals surface area contributed by atoms with E-state index in [9.17, 15) is 0 Å². The maximum Gasteiger partial charge on any atom is 0.133 e. The average molecular weight is 261 g/mol. The molecule has 5 nitrogen and oxygen atoms in total. The van der Waals surface area contributed by atoms with Gasteiger partial charge < -0.3 is 20.3 Å². The fourth-order valence-corrected chi connectivity index (χ4v) is 1.72. The van der Waals surface area contributed by atoms with Crippen molar-refractivity contribution in [2.45, 2.75) is 26.8 Å². The zero-order valence-corrected chi connectivity index (χ0v) is 11.3.